The van der Waals surface area contributed by atoms with Crippen LogP contribution in [0.5, 0.6) is 0 Å². The number of hydrogen-bond donors (Lipinski definition) is 0. The monoisotopic (exact) mass is 293 g/mol. The Hall–Kier alpha value is -0.0400. The molecule has 21 heavy (non-hydrogen) atoms. The second kappa shape index (κ2) is 9.87. The summed E-state index contributed by atoms with van der Waals surface area (Å²) in [5.41, 5.74) is 0. The van der Waals surface area contributed by atoms with E-state index in [0.29, 0.717) is 0 Å². The lowest BCUT2D eigenvalue weighted by atomic mass is 9.81. The highest BCUT2D eigenvalue weighted by atomic mass is 15.2. The van der Waals surface area contributed by atoms with Crippen LogP contribution in [0.25, 0.3) is 0 Å². The third-order valence-corrected chi connectivity index (χ3v) is 6.16. The zero-order valence-electron chi connectivity index (χ0n) is 14.8. The molecular formula is C20H39N. The standard InChI is InChI=1S/C20H39N/c1-3-5-7-9-18-10-12-20(13-11-18)21-16-14-19(15-17-21)8-6-4-2/h18-20H,3-17H2,1-2H3/t18-,20-. The van der Waals surface area contributed by atoms with E-state index in [1.807, 2.05) is 0 Å². The number of nitrogens with zero attached hydrogens (tertiary/aromatic N) is 1. The third-order valence-electron chi connectivity index (χ3n) is 6.16. The second-order valence-corrected chi connectivity index (χ2v) is 7.79. The zero-order chi connectivity index (χ0) is 14.9. The first-order valence-corrected chi connectivity index (χ1v) is 10.1. The maximum atomic E-state index is 2.85. The molecule has 2 fully saturated rings. The predicted molar refractivity (Wildman–Crippen MR) is 93.7 cm³/mol. The minimum atomic E-state index is 0.944. The Labute approximate surface area is 133 Å². The van der Waals surface area contributed by atoms with Gasteiger partial charge in [0.05, 0.1) is 0 Å². The van der Waals surface area contributed by atoms with Gasteiger partial charge in [0.1, 0.15) is 0 Å². The van der Waals surface area contributed by atoms with E-state index < -0.39 is 0 Å². The first kappa shape index (κ1) is 17.3. The largest absolute Gasteiger partial charge is 0.300 e. The highest BCUT2D eigenvalue weighted by Gasteiger charge is 2.28. The molecule has 0 aromatic carbocycles. The number of piperidine rings is 1. The first-order valence-electron chi connectivity index (χ1n) is 10.1. The summed E-state index contributed by atoms with van der Waals surface area (Å²) in [4.78, 5) is 2.85. The van der Waals surface area contributed by atoms with Crippen LogP contribution in [0.2, 0.25) is 0 Å². The molecule has 0 amide bonds. The van der Waals surface area contributed by atoms with Crippen molar-refractivity contribution in [2.75, 3.05) is 13.1 Å². The average Bonchev–Trinajstić information content (AvgIpc) is 2.54. The minimum Gasteiger partial charge on any atom is -0.300 e. The Kier molecular flexibility index (Phi) is 8.14. The van der Waals surface area contributed by atoms with Gasteiger partial charge in [0, 0.05) is 6.04 Å². The lowest BCUT2D eigenvalue weighted by Crippen LogP contribution is -2.43. The van der Waals surface area contributed by atoms with Crippen molar-refractivity contribution in [3.63, 3.8) is 0 Å². The SMILES string of the molecule is CCCCC[C@H]1CC[C@H](N2CCC(CCCC)CC2)CC1. The summed E-state index contributed by atoms with van der Waals surface area (Å²) in [5.74, 6) is 2.11. The van der Waals surface area contributed by atoms with Crippen LogP contribution in [0.15, 0.2) is 0 Å². The quantitative estimate of drug-likeness (QED) is 0.494. The minimum absolute atomic E-state index is 0.944. The molecule has 2 rings (SSSR count). The first-order chi connectivity index (χ1) is 10.3. The van der Waals surface area contributed by atoms with Crippen molar-refractivity contribution in [3.8, 4) is 0 Å². The van der Waals surface area contributed by atoms with Crippen LogP contribution in [0.4, 0.5) is 0 Å². The Morgan fingerprint density at radius 2 is 1.24 bits per heavy atom. The highest BCUT2D eigenvalue weighted by molar-refractivity contribution is 4.83. The van der Waals surface area contributed by atoms with E-state index in [1.165, 1.54) is 96.6 Å². The van der Waals surface area contributed by atoms with Gasteiger partial charge in [-0.05, 0) is 63.5 Å². The highest BCUT2D eigenvalue weighted by Crippen LogP contribution is 2.33. The smallest absolute Gasteiger partial charge is 0.00954 e. The molecule has 1 nitrogen and oxygen atoms in total. The molecule has 0 N–H and O–H groups in total. The van der Waals surface area contributed by atoms with E-state index in [-0.39, 0.29) is 0 Å². The van der Waals surface area contributed by atoms with Crippen molar-refractivity contribution in [2.45, 2.75) is 103 Å². The lowest BCUT2D eigenvalue weighted by Gasteiger charge is -2.41. The molecule has 0 atom stereocenters. The Morgan fingerprint density at radius 1 is 0.667 bits per heavy atom. The molecule has 1 aliphatic heterocycles. The van der Waals surface area contributed by atoms with Crippen LogP contribution in [0.1, 0.15) is 97.3 Å². The number of likely N-dealkylation sites (tertiary alicyclic amines) is 1. The van der Waals surface area contributed by atoms with Crippen molar-refractivity contribution in [3.05, 3.63) is 0 Å². The molecule has 1 heterocycles. The molecule has 2 aliphatic rings. The van der Waals surface area contributed by atoms with Gasteiger partial charge in [-0.1, -0.05) is 58.8 Å². The summed E-state index contributed by atoms with van der Waals surface area (Å²) in [5, 5.41) is 0. The third kappa shape index (κ3) is 5.93. The van der Waals surface area contributed by atoms with Crippen molar-refractivity contribution < 1.29 is 0 Å². The fraction of sp³-hybridized carbons (Fsp3) is 1.00. The Bertz CT molecular complexity index is 247. The zero-order valence-corrected chi connectivity index (χ0v) is 14.8. The van der Waals surface area contributed by atoms with E-state index in [1.54, 1.807) is 0 Å². The van der Waals surface area contributed by atoms with Crippen molar-refractivity contribution in [1.29, 1.82) is 0 Å². The predicted octanol–water partition coefficient (Wildman–Crippen LogP) is 6.03. The van der Waals surface area contributed by atoms with Gasteiger partial charge in [0.15, 0.2) is 0 Å². The maximum absolute atomic E-state index is 2.85. The Balaban J connectivity index is 1.60. The fourth-order valence-corrected chi connectivity index (χ4v) is 4.58. The van der Waals surface area contributed by atoms with Crippen LogP contribution < -0.4 is 0 Å². The summed E-state index contributed by atoms with van der Waals surface area (Å²) >= 11 is 0. The molecule has 0 aromatic heterocycles. The van der Waals surface area contributed by atoms with Crippen molar-refractivity contribution in [1.82, 2.24) is 4.90 Å². The van der Waals surface area contributed by atoms with Crippen LogP contribution in [0, 0.1) is 11.8 Å². The number of unbranched alkanes of at least 4 members (excludes halogenated alkanes) is 3. The number of rotatable bonds is 8. The normalized spacial score (nSPS) is 28.9. The molecule has 1 heteroatoms. The van der Waals surface area contributed by atoms with Gasteiger partial charge in [-0.3, -0.25) is 0 Å². The van der Waals surface area contributed by atoms with Gasteiger partial charge >= 0.3 is 0 Å². The summed E-state index contributed by atoms with van der Waals surface area (Å²) < 4.78 is 0. The van der Waals surface area contributed by atoms with Gasteiger partial charge in [0.2, 0.25) is 0 Å². The molecule has 1 aliphatic carbocycles. The van der Waals surface area contributed by atoms with Gasteiger partial charge in [-0.15, -0.1) is 0 Å². The van der Waals surface area contributed by atoms with Crippen molar-refractivity contribution >= 4 is 0 Å². The van der Waals surface area contributed by atoms with E-state index >= 15 is 0 Å². The second-order valence-electron chi connectivity index (χ2n) is 7.79. The molecule has 0 bridgehead atoms. The van der Waals surface area contributed by atoms with Gasteiger partial charge in [0.25, 0.3) is 0 Å². The maximum Gasteiger partial charge on any atom is 0.00954 e. The summed E-state index contributed by atoms with van der Waals surface area (Å²) in [7, 11) is 0. The van der Waals surface area contributed by atoms with Gasteiger partial charge in [-0.25, -0.2) is 0 Å². The molecule has 1 saturated heterocycles. The molecule has 124 valence electrons. The van der Waals surface area contributed by atoms with E-state index in [9.17, 15) is 0 Å². The fourth-order valence-electron chi connectivity index (χ4n) is 4.58. The molecule has 0 aromatic rings. The van der Waals surface area contributed by atoms with E-state index in [0.717, 1.165) is 17.9 Å². The lowest BCUT2D eigenvalue weighted by molar-refractivity contribution is 0.0902. The summed E-state index contributed by atoms with van der Waals surface area (Å²) in [6.07, 6.45) is 19.1. The van der Waals surface area contributed by atoms with E-state index in [2.05, 4.69) is 18.7 Å². The van der Waals surface area contributed by atoms with Crippen molar-refractivity contribution in [2.24, 2.45) is 11.8 Å². The van der Waals surface area contributed by atoms with Crippen LogP contribution in [-0.4, -0.2) is 24.0 Å². The van der Waals surface area contributed by atoms with Gasteiger partial charge in [-0.2, -0.15) is 0 Å². The number of hydrogen-bond acceptors (Lipinski definition) is 1. The molecule has 1 saturated carbocycles. The molecule has 0 unspecified atom stereocenters. The van der Waals surface area contributed by atoms with E-state index in [4.69, 9.17) is 0 Å². The van der Waals surface area contributed by atoms with Gasteiger partial charge < -0.3 is 4.90 Å². The Morgan fingerprint density at radius 3 is 1.86 bits per heavy atom. The molecule has 0 radical (unpaired) electrons. The molecular weight excluding hydrogens is 254 g/mol. The molecule has 0 spiro atoms. The van der Waals surface area contributed by atoms with Crippen LogP contribution >= 0.6 is 0 Å². The summed E-state index contributed by atoms with van der Waals surface area (Å²) in [6, 6.07) is 0.944. The average molecular weight is 294 g/mol. The van der Waals surface area contributed by atoms with Crippen LogP contribution in [0.3, 0.4) is 0 Å². The topological polar surface area (TPSA) is 3.24 Å². The van der Waals surface area contributed by atoms with Crippen LogP contribution in [-0.2, 0) is 0 Å². The summed E-state index contributed by atoms with van der Waals surface area (Å²) in [6.45, 7) is 7.45.